The van der Waals surface area contributed by atoms with Crippen molar-refractivity contribution in [3.8, 4) is 0 Å². The Morgan fingerprint density at radius 2 is 1.66 bits per heavy atom. The first-order valence-electron chi connectivity index (χ1n) is 10.4. The second kappa shape index (κ2) is 8.66. The molecule has 29 heavy (non-hydrogen) atoms. The maximum absolute atomic E-state index is 13.0. The third-order valence-electron chi connectivity index (χ3n) is 5.87. The van der Waals surface area contributed by atoms with Gasteiger partial charge in [0, 0.05) is 31.9 Å². The van der Waals surface area contributed by atoms with E-state index in [1.54, 1.807) is 0 Å². The third-order valence-corrected chi connectivity index (χ3v) is 5.87. The van der Waals surface area contributed by atoms with Gasteiger partial charge in [0.15, 0.2) is 0 Å². The van der Waals surface area contributed by atoms with Crippen LogP contribution < -0.4 is 10.2 Å². The Balaban J connectivity index is 1.54. The normalized spacial score (nSPS) is 15.4. The van der Waals surface area contributed by atoms with Gasteiger partial charge in [-0.15, -0.1) is 0 Å². The summed E-state index contributed by atoms with van der Waals surface area (Å²) in [5.41, 5.74) is 3.19. The summed E-state index contributed by atoms with van der Waals surface area (Å²) in [5, 5.41) is 5.31. The Labute approximate surface area is 173 Å². The molecule has 0 saturated carbocycles. The zero-order valence-corrected chi connectivity index (χ0v) is 17.3. The Morgan fingerprint density at radius 1 is 0.966 bits per heavy atom. The first kappa shape index (κ1) is 19.5. The van der Waals surface area contributed by atoms with Gasteiger partial charge in [0.1, 0.15) is 0 Å². The lowest BCUT2D eigenvalue weighted by Gasteiger charge is -2.28. The van der Waals surface area contributed by atoms with Crippen molar-refractivity contribution in [2.24, 2.45) is 0 Å². The molecule has 3 aromatic carbocycles. The fraction of sp³-hybridized carbons (Fsp3) is 0.320. The van der Waals surface area contributed by atoms with Gasteiger partial charge in [-0.05, 0) is 60.5 Å². The minimum absolute atomic E-state index is 0.00379. The van der Waals surface area contributed by atoms with Crippen molar-refractivity contribution in [1.82, 2.24) is 10.2 Å². The molecular formula is C25H29N3O. The van der Waals surface area contributed by atoms with E-state index in [4.69, 9.17) is 0 Å². The second-order valence-corrected chi connectivity index (χ2v) is 7.98. The highest BCUT2D eigenvalue weighted by Crippen LogP contribution is 2.26. The molecule has 1 fully saturated rings. The van der Waals surface area contributed by atoms with E-state index in [0.717, 1.165) is 29.4 Å². The lowest BCUT2D eigenvalue weighted by Crippen LogP contribution is -2.36. The highest BCUT2D eigenvalue weighted by molar-refractivity contribution is 6.07. The summed E-state index contributed by atoms with van der Waals surface area (Å²) in [6, 6.07) is 22.9. The highest BCUT2D eigenvalue weighted by Gasteiger charge is 2.24. The van der Waals surface area contributed by atoms with Crippen LogP contribution in [0.2, 0.25) is 0 Å². The number of carbonyl (C=O) groups is 1. The van der Waals surface area contributed by atoms with E-state index < -0.39 is 0 Å². The number of hydrogen-bond acceptors (Lipinski definition) is 3. The summed E-state index contributed by atoms with van der Waals surface area (Å²) in [6.07, 6.45) is 2.45. The van der Waals surface area contributed by atoms with Gasteiger partial charge in [-0.25, -0.2) is 0 Å². The third kappa shape index (κ3) is 4.28. The quantitative estimate of drug-likeness (QED) is 0.678. The van der Waals surface area contributed by atoms with Gasteiger partial charge in [0.25, 0.3) is 5.91 Å². The maximum atomic E-state index is 13.0. The van der Waals surface area contributed by atoms with Crippen LogP contribution in [-0.4, -0.2) is 44.5 Å². The van der Waals surface area contributed by atoms with Gasteiger partial charge in [0.2, 0.25) is 0 Å². The molecule has 0 aliphatic carbocycles. The second-order valence-electron chi connectivity index (χ2n) is 7.98. The maximum Gasteiger partial charge on any atom is 0.251 e. The molecule has 4 rings (SSSR count). The largest absolute Gasteiger partial charge is 0.378 e. The molecule has 0 unspecified atom stereocenters. The van der Waals surface area contributed by atoms with E-state index in [1.165, 1.54) is 24.1 Å². The summed E-state index contributed by atoms with van der Waals surface area (Å²) in [6.45, 7) is 2.79. The predicted octanol–water partition coefficient (Wildman–Crippen LogP) is 4.47. The first-order chi connectivity index (χ1) is 14.1. The van der Waals surface area contributed by atoms with Crippen molar-refractivity contribution in [1.29, 1.82) is 0 Å². The number of benzene rings is 3. The van der Waals surface area contributed by atoms with Crippen LogP contribution in [0.3, 0.4) is 0 Å². The summed E-state index contributed by atoms with van der Waals surface area (Å²) < 4.78 is 0. The van der Waals surface area contributed by atoms with Crippen molar-refractivity contribution in [3.05, 3.63) is 77.9 Å². The molecule has 1 N–H and O–H groups in total. The molecule has 0 aromatic heterocycles. The fourth-order valence-electron chi connectivity index (χ4n) is 4.21. The SMILES string of the molecule is CN(C)c1ccc([C@@H](CNC(=O)c2cccc3ccccc23)N2CCCC2)cc1. The van der Waals surface area contributed by atoms with Crippen LogP contribution in [0, 0.1) is 0 Å². The van der Waals surface area contributed by atoms with E-state index in [0.29, 0.717) is 6.54 Å². The minimum Gasteiger partial charge on any atom is -0.378 e. The average Bonchev–Trinajstić information content (AvgIpc) is 3.28. The molecule has 0 spiro atoms. The summed E-state index contributed by atoms with van der Waals surface area (Å²) in [5.74, 6) is -0.00379. The van der Waals surface area contributed by atoms with Crippen LogP contribution in [0.5, 0.6) is 0 Å². The summed E-state index contributed by atoms with van der Waals surface area (Å²) in [7, 11) is 4.11. The van der Waals surface area contributed by atoms with Crippen molar-refractivity contribution in [2.45, 2.75) is 18.9 Å². The highest BCUT2D eigenvalue weighted by atomic mass is 16.1. The van der Waals surface area contributed by atoms with Gasteiger partial charge >= 0.3 is 0 Å². The Hall–Kier alpha value is -2.85. The van der Waals surface area contributed by atoms with E-state index in [9.17, 15) is 4.79 Å². The average molecular weight is 388 g/mol. The lowest BCUT2D eigenvalue weighted by molar-refractivity contribution is 0.0939. The van der Waals surface area contributed by atoms with Gasteiger partial charge in [-0.3, -0.25) is 9.69 Å². The Morgan fingerprint density at radius 3 is 2.38 bits per heavy atom. The fourth-order valence-corrected chi connectivity index (χ4v) is 4.21. The van der Waals surface area contributed by atoms with Crippen LogP contribution >= 0.6 is 0 Å². The zero-order valence-electron chi connectivity index (χ0n) is 17.3. The van der Waals surface area contributed by atoms with E-state index in [1.807, 2.05) is 42.5 Å². The molecule has 1 atom stereocenters. The van der Waals surface area contributed by atoms with Crippen molar-refractivity contribution >= 4 is 22.4 Å². The standard InChI is InChI=1S/C25H29N3O/c1-27(2)21-14-12-20(13-15-21)24(28-16-5-6-17-28)18-26-25(29)23-11-7-9-19-8-3-4-10-22(19)23/h3-4,7-15,24H,5-6,16-18H2,1-2H3,(H,26,29)/t24-/m1/s1. The molecule has 4 nitrogen and oxygen atoms in total. The van der Waals surface area contributed by atoms with Crippen LogP contribution in [-0.2, 0) is 0 Å². The lowest BCUT2D eigenvalue weighted by atomic mass is 10.0. The van der Waals surface area contributed by atoms with Gasteiger partial charge in [-0.1, -0.05) is 48.5 Å². The molecule has 4 heteroatoms. The molecule has 3 aromatic rings. The van der Waals surface area contributed by atoms with Crippen molar-refractivity contribution < 1.29 is 4.79 Å². The van der Waals surface area contributed by atoms with Crippen LogP contribution in [0.1, 0.15) is 34.8 Å². The molecule has 1 aliphatic heterocycles. The molecule has 1 aliphatic rings. The van der Waals surface area contributed by atoms with Crippen molar-refractivity contribution in [2.75, 3.05) is 38.6 Å². The zero-order chi connectivity index (χ0) is 20.2. The topological polar surface area (TPSA) is 35.6 Å². The van der Waals surface area contributed by atoms with Crippen molar-refractivity contribution in [3.63, 3.8) is 0 Å². The Kier molecular flexibility index (Phi) is 5.81. The molecule has 1 saturated heterocycles. The number of amides is 1. The monoisotopic (exact) mass is 387 g/mol. The van der Waals surface area contributed by atoms with Crippen LogP contribution in [0.4, 0.5) is 5.69 Å². The molecular weight excluding hydrogens is 358 g/mol. The molecule has 0 radical (unpaired) electrons. The predicted molar refractivity (Wildman–Crippen MR) is 121 cm³/mol. The number of anilines is 1. The first-order valence-corrected chi connectivity index (χ1v) is 10.4. The smallest absolute Gasteiger partial charge is 0.251 e. The number of fused-ring (bicyclic) bond motifs is 1. The van der Waals surface area contributed by atoms with Crippen LogP contribution in [0.15, 0.2) is 66.7 Å². The number of likely N-dealkylation sites (tertiary alicyclic amines) is 1. The Bertz CT molecular complexity index is 970. The number of hydrogen-bond donors (Lipinski definition) is 1. The number of nitrogens with one attached hydrogen (secondary N) is 1. The van der Waals surface area contributed by atoms with E-state index in [-0.39, 0.29) is 11.9 Å². The molecule has 1 amide bonds. The van der Waals surface area contributed by atoms with Gasteiger partial charge in [0.05, 0.1) is 6.04 Å². The minimum atomic E-state index is -0.00379. The number of nitrogens with zero attached hydrogens (tertiary/aromatic N) is 2. The molecule has 150 valence electrons. The van der Waals surface area contributed by atoms with E-state index in [2.05, 4.69) is 53.5 Å². The molecule has 1 heterocycles. The van der Waals surface area contributed by atoms with E-state index >= 15 is 0 Å². The number of rotatable bonds is 6. The summed E-state index contributed by atoms with van der Waals surface area (Å²) >= 11 is 0. The molecule has 0 bridgehead atoms. The number of carbonyl (C=O) groups excluding carboxylic acids is 1. The van der Waals surface area contributed by atoms with Crippen LogP contribution in [0.25, 0.3) is 10.8 Å². The van der Waals surface area contributed by atoms with Gasteiger partial charge < -0.3 is 10.2 Å². The summed E-state index contributed by atoms with van der Waals surface area (Å²) in [4.78, 5) is 17.6. The van der Waals surface area contributed by atoms with Gasteiger partial charge in [-0.2, -0.15) is 0 Å².